The summed E-state index contributed by atoms with van der Waals surface area (Å²) in [6.07, 6.45) is 2.98. The van der Waals surface area contributed by atoms with Crippen LogP contribution in [0.5, 0.6) is 11.5 Å². The van der Waals surface area contributed by atoms with E-state index in [1.165, 1.54) is 5.56 Å². The fourth-order valence-electron chi connectivity index (χ4n) is 2.38. The lowest BCUT2D eigenvalue weighted by molar-refractivity contribution is 0.251. The van der Waals surface area contributed by atoms with Crippen LogP contribution >= 0.6 is 0 Å². The lowest BCUT2D eigenvalue weighted by Gasteiger charge is -2.12. The standard InChI is InChI=1S/C19H24N2O3/c1-23-16-11-12-18(24-2)17(14-16)21-19(22)20-13-7-6-10-15-8-4-3-5-9-15/h3-5,8-9,11-12,14H,6-7,10,13H2,1-2H3,(H2,20,21,22). The van der Waals surface area contributed by atoms with Gasteiger partial charge in [0.15, 0.2) is 0 Å². The Bertz CT molecular complexity index is 644. The average Bonchev–Trinajstić information content (AvgIpc) is 2.62. The molecule has 0 bridgehead atoms. The number of rotatable bonds is 8. The van der Waals surface area contributed by atoms with Crippen LogP contribution in [0.15, 0.2) is 48.5 Å². The van der Waals surface area contributed by atoms with E-state index in [4.69, 9.17) is 9.47 Å². The third-order valence-electron chi connectivity index (χ3n) is 3.68. The lowest BCUT2D eigenvalue weighted by atomic mass is 10.1. The maximum Gasteiger partial charge on any atom is 0.319 e. The van der Waals surface area contributed by atoms with Crippen molar-refractivity contribution in [3.63, 3.8) is 0 Å². The molecule has 0 unspecified atom stereocenters. The number of carbonyl (C=O) groups is 1. The number of methoxy groups -OCH3 is 2. The van der Waals surface area contributed by atoms with Gasteiger partial charge in [-0.15, -0.1) is 0 Å². The molecule has 5 heteroatoms. The first-order valence-corrected chi connectivity index (χ1v) is 8.03. The summed E-state index contributed by atoms with van der Waals surface area (Å²) in [6.45, 7) is 0.630. The van der Waals surface area contributed by atoms with Crippen LogP contribution in [0, 0.1) is 0 Å². The van der Waals surface area contributed by atoms with E-state index in [1.807, 2.05) is 18.2 Å². The van der Waals surface area contributed by atoms with Gasteiger partial charge in [0, 0.05) is 12.6 Å². The van der Waals surface area contributed by atoms with Gasteiger partial charge in [0.25, 0.3) is 0 Å². The van der Waals surface area contributed by atoms with Crippen molar-refractivity contribution in [3.05, 3.63) is 54.1 Å². The summed E-state index contributed by atoms with van der Waals surface area (Å²) in [4.78, 5) is 12.0. The highest BCUT2D eigenvalue weighted by Crippen LogP contribution is 2.28. The average molecular weight is 328 g/mol. The van der Waals surface area contributed by atoms with Crippen LogP contribution in [0.3, 0.4) is 0 Å². The molecule has 0 aliphatic rings. The van der Waals surface area contributed by atoms with Gasteiger partial charge in [0.05, 0.1) is 19.9 Å². The third kappa shape index (κ3) is 5.50. The first kappa shape index (κ1) is 17.7. The van der Waals surface area contributed by atoms with Gasteiger partial charge in [-0.2, -0.15) is 0 Å². The number of urea groups is 1. The van der Waals surface area contributed by atoms with Crippen molar-refractivity contribution in [1.82, 2.24) is 5.32 Å². The SMILES string of the molecule is COc1ccc(OC)c(NC(=O)NCCCCc2ccccc2)c1. The van der Waals surface area contributed by atoms with Crippen LogP contribution in [0.2, 0.25) is 0 Å². The Balaban J connectivity index is 1.73. The Hall–Kier alpha value is -2.69. The van der Waals surface area contributed by atoms with Gasteiger partial charge in [-0.1, -0.05) is 30.3 Å². The van der Waals surface area contributed by atoms with E-state index in [1.54, 1.807) is 32.4 Å². The highest BCUT2D eigenvalue weighted by atomic mass is 16.5. The number of unbranched alkanes of at least 4 members (excludes halogenated alkanes) is 1. The lowest BCUT2D eigenvalue weighted by Crippen LogP contribution is -2.29. The number of hydrogen-bond acceptors (Lipinski definition) is 3. The Kier molecular flexibility index (Phi) is 6.95. The second-order valence-corrected chi connectivity index (χ2v) is 5.39. The molecular weight excluding hydrogens is 304 g/mol. The third-order valence-corrected chi connectivity index (χ3v) is 3.68. The molecule has 24 heavy (non-hydrogen) atoms. The molecule has 2 rings (SSSR count). The van der Waals surface area contributed by atoms with Gasteiger partial charge in [-0.3, -0.25) is 0 Å². The fourth-order valence-corrected chi connectivity index (χ4v) is 2.38. The maximum atomic E-state index is 12.0. The largest absolute Gasteiger partial charge is 0.497 e. The summed E-state index contributed by atoms with van der Waals surface area (Å²) < 4.78 is 10.4. The minimum Gasteiger partial charge on any atom is -0.497 e. The van der Waals surface area contributed by atoms with E-state index >= 15 is 0 Å². The number of anilines is 1. The van der Waals surface area contributed by atoms with Crippen molar-refractivity contribution >= 4 is 11.7 Å². The zero-order valence-corrected chi connectivity index (χ0v) is 14.2. The summed E-state index contributed by atoms with van der Waals surface area (Å²) in [7, 11) is 3.15. The highest BCUT2D eigenvalue weighted by molar-refractivity contribution is 5.91. The van der Waals surface area contributed by atoms with Crippen LogP contribution in [0.1, 0.15) is 18.4 Å². The fraction of sp³-hybridized carbons (Fsp3) is 0.316. The summed E-state index contributed by atoms with van der Waals surface area (Å²) in [6, 6.07) is 15.4. The predicted octanol–water partition coefficient (Wildman–Crippen LogP) is 3.85. The molecule has 2 aromatic rings. The summed E-state index contributed by atoms with van der Waals surface area (Å²) >= 11 is 0. The zero-order valence-electron chi connectivity index (χ0n) is 14.2. The Morgan fingerprint density at radius 1 is 1.00 bits per heavy atom. The van der Waals surface area contributed by atoms with E-state index in [0.717, 1.165) is 19.3 Å². The molecule has 0 radical (unpaired) electrons. The topological polar surface area (TPSA) is 59.6 Å². The van der Waals surface area contributed by atoms with Gasteiger partial charge >= 0.3 is 6.03 Å². The van der Waals surface area contributed by atoms with Crippen LogP contribution in [0.25, 0.3) is 0 Å². The Morgan fingerprint density at radius 3 is 2.50 bits per heavy atom. The minimum absolute atomic E-state index is 0.249. The molecule has 0 spiro atoms. The smallest absolute Gasteiger partial charge is 0.319 e. The molecule has 0 atom stereocenters. The van der Waals surface area contributed by atoms with E-state index in [9.17, 15) is 4.79 Å². The quantitative estimate of drug-likeness (QED) is 0.724. The van der Waals surface area contributed by atoms with Gasteiger partial charge in [-0.05, 0) is 37.0 Å². The van der Waals surface area contributed by atoms with Crippen LogP contribution in [-0.4, -0.2) is 26.8 Å². The molecule has 2 amide bonds. The second kappa shape index (κ2) is 9.45. The summed E-state index contributed by atoms with van der Waals surface area (Å²) in [5, 5.41) is 5.65. The van der Waals surface area contributed by atoms with E-state index in [-0.39, 0.29) is 6.03 Å². The van der Waals surface area contributed by atoms with Gasteiger partial charge in [-0.25, -0.2) is 4.79 Å². The van der Waals surface area contributed by atoms with E-state index < -0.39 is 0 Å². The number of carbonyl (C=O) groups excluding carboxylic acids is 1. The molecule has 0 saturated heterocycles. The number of ether oxygens (including phenoxy) is 2. The molecule has 0 aromatic heterocycles. The monoisotopic (exact) mass is 328 g/mol. The maximum absolute atomic E-state index is 12.0. The molecule has 0 saturated carbocycles. The molecule has 0 fully saturated rings. The Morgan fingerprint density at radius 2 is 1.79 bits per heavy atom. The van der Waals surface area contributed by atoms with Crippen molar-refractivity contribution in [2.24, 2.45) is 0 Å². The number of nitrogens with one attached hydrogen (secondary N) is 2. The number of aryl methyl sites for hydroxylation is 1. The molecule has 2 aromatic carbocycles. The number of hydrogen-bond donors (Lipinski definition) is 2. The summed E-state index contributed by atoms with van der Waals surface area (Å²) in [5.41, 5.74) is 1.90. The van der Waals surface area contributed by atoms with Crippen molar-refractivity contribution in [3.8, 4) is 11.5 Å². The molecule has 5 nitrogen and oxygen atoms in total. The van der Waals surface area contributed by atoms with Gasteiger partial charge < -0.3 is 20.1 Å². The van der Waals surface area contributed by atoms with Crippen molar-refractivity contribution < 1.29 is 14.3 Å². The van der Waals surface area contributed by atoms with Crippen LogP contribution in [0.4, 0.5) is 10.5 Å². The predicted molar refractivity (Wildman–Crippen MR) is 95.9 cm³/mol. The molecule has 0 aliphatic carbocycles. The van der Waals surface area contributed by atoms with Crippen LogP contribution in [-0.2, 0) is 6.42 Å². The summed E-state index contributed by atoms with van der Waals surface area (Å²) in [5.74, 6) is 1.25. The van der Waals surface area contributed by atoms with Crippen molar-refractivity contribution in [2.75, 3.05) is 26.1 Å². The molecular formula is C19H24N2O3. The van der Waals surface area contributed by atoms with Crippen molar-refractivity contribution in [1.29, 1.82) is 0 Å². The Labute approximate surface area is 143 Å². The normalized spacial score (nSPS) is 10.1. The zero-order chi connectivity index (χ0) is 17.2. The van der Waals surface area contributed by atoms with Crippen LogP contribution < -0.4 is 20.1 Å². The number of benzene rings is 2. The second-order valence-electron chi connectivity index (χ2n) is 5.39. The highest BCUT2D eigenvalue weighted by Gasteiger charge is 2.08. The van der Waals surface area contributed by atoms with Gasteiger partial charge in [0.1, 0.15) is 11.5 Å². The first-order chi connectivity index (χ1) is 11.7. The van der Waals surface area contributed by atoms with E-state index in [2.05, 4.69) is 22.8 Å². The van der Waals surface area contributed by atoms with Gasteiger partial charge in [0.2, 0.25) is 0 Å². The molecule has 128 valence electrons. The molecule has 0 heterocycles. The van der Waals surface area contributed by atoms with Crippen molar-refractivity contribution in [2.45, 2.75) is 19.3 Å². The minimum atomic E-state index is -0.249. The molecule has 0 aliphatic heterocycles. The molecule has 2 N–H and O–H groups in total. The first-order valence-electron chi connectivity index (χ1n) is 8.03. The van der Waals surface area contributed by atoms with E-state index in [0.29, 0.717) is 23.7 Å². The number of amides is 2.